The summed E-state index contributed by atoms with van der Waals surface area (Å²) in [5.41, 5.74) is 0. The lowest BCUT2D eigenvalue weighted by Gasteiger charge is -2.18. The summed E-state index contributed by atoms with van der Waals surface area (Å²) >= 11 is 0. The van der Waals surface area contributed by atoms with Gasteiger partial charge in [-0.3, -0.25) is 14.4 Å². The van der Waals surface area contributed by atoms with Crippen LogP contribution in [0.1, 0.15) is 284 Å². The Labute approximate surface area is 481 Å². The molecule has 0 saturated carbocycles. The first kappa shape index (κ1) is 73.5. The molecule has 0 bridgehead atoms. The molecule has 0 amide bonds. The molecule has 78 heavy (non-hydrogen) atoms. The second kappa shape index (κ2) is 65.1. The van der Waals surface area contributed by atoms with E-state index < -0.39 is 6.10 Å². The molecule has 1 unspecified atom stereocenters. The molecular weight excluding hydrogens is 961 g/mol. The van der Waals surface area contributed by atoms with Crippen molar-refractivity contribution in [3.63, 3.8) is 0 Å². The van der Waals surface area contributed by atoms with Crippen molar-refractivity contribution < 1.29 is 28.6 Å². The Morgan fingerprint density at radius 3 is 0.833 bits per heavy atom. The van der Waals surface area contributed by atoms with Gasteiger partial charge in [-0.2, -0.15) is 0 Å². The van der Waals surface area contributed by atoms with E-state index in [-0.39, 0.29) is 31.1 Å². The highest BCUT2D eigenvalue weighted by molar-refractivity contribution is 5.71. The maximum Gasteiger partial charge on any atom is 0.306 e. The number of hydrogen-bond acceptors (Lipinski definition) is 6. The van der Waals surface area contributed by atoms with Crippen LogP contribution in [0.15, 0.2) is 134 Å². The number of hydrogen-bond donors (Lipinski definition) is 0. The molecule has 0 N–H and O–H groups in total. The van der Waals surface area contributed by atoms with Gasteiger partial charge in [0.05, 0.1) is 0 Å². The van der Waals surface area contributed by atoms with E-state index in [1.807, 2.05) is 0 Å². The molecule has 0 aromatic rings. The van der Waals surface area contributed by atoms with E-state index in [0.29, 0.717) is 19.3 Å². The second-order valence-electron chi connectivity index (χ2n) is 20.9. The average molecular weight is 1080 g/mol. The Morgan fingerprint density at radius 1 is 0.269 bits per heavy atom. The molecule has 442 valence electrons. The zero-order valence-corrected chi connectivity index (χ0v) is 50.6. The summed E-state index contributed by atoms with van der Waals surface area (Å²) in [6.07, 6.45) is 91.7. The number of allylic oxidation sites excluding steroid dienone is 22. The Hall–Kier alpha value is -4.45. The first-order valence-electron chi connectivity index (χ1n) is 32.2. The smallest absolute Gasteiger partial charge is 0.306 e. The molecular formula is C72H118O6. The second-order valence-corrected chi connectivity index (χ2v) is 20.9. The zero-order chi connectivity index (χ0) is 56.4. The van der Waals surface area contributed by atoms with Crippen LogP contribution in [-0.4, -0.2) is 37.2 Å². The Balaban J connectivity index is 4.31. The van der Waals surface area contributed by atoms with Crippen LogP contribution in [0.2, 0.25) is 0 Å². The van der Waals surface area contributed by atoms with E-state index in [9.17, 15) is 14.4 Å². The Bertz CT molecular complexity index is 1670. The van der Waals surface area contributed by atoms with Crippen LogP contribution in [0, 0.1) is 0 Å². The fourth-order valence-electron chi connectivity index (χ4n) is 8.55. The van der Waals surface area contributed by atoms with E-state index in [2.05, 4.69) is 154 Å². The van der Waals surface area contributed by atoms with Crippen molar-refractivity contribution >= 4 is 17.9 Å². The molecule has 0 heterocycles. The quantitative estimate of drug-likeness (QED) is 0.0261. The van der Waals surface area contributed by atoms with E-state index in [1.54, 1.807) is 0 Å². The van der Waals surface area contributed by atoms with Crippen LogP contribution in [0.5, 0.6) is 0 Å². The lowest BCUT2D eigenvalue weighted by Crippen LogP contribution is -2.30. The van der Waals surface area contributed by atoms with Crippen LogP contribution >= 0.6 is 0 Å². The van der Waals surface area contributed by atoms with Crippen molar-refractivity contribution in [3.8, 4) is 0 Å². The van der Waals surface area contributed by atoms with E-state index in [0.717, 1.165) is 167 Å². The molecule has 6 heteroatoms. The third-order valence-electron chi connectivity index (χ3n) is 13.3. The van der Waals surface area contributed by atoms with E-state index in [1.165, 1.54) is 77.0 Å². The summed E-state index contributed by atoms with van der Waals surface area (Å²) in [5, 5.41) is 0. The molecule has 0 aliphatic heterocycles. The van der Waals surface area contributed by atoms with Crippen molar-refractivity contribution in [1.82, 2.24) is 0 Å². The minimum absolute atomic E-state index is 0.0944. The number of esters is 3. The van der Waals surface area contributed by atoms with Crippen LogP contribution < -0.4 is 0 Å². The number of ether oxygens (including phenoxy) is 3. The summed E-state index contributed by atoms with van der Waals surface area (Å²) in [4.78, 5) is 38.3. The van der Waals surface area contributed by atoms with Crippen LogP contribution in [-0.2, 0) is 28.6 Å². The van der Waals surface area contributed by atoms with Gasteiger partial charge in [0, 0.05) is 19.3 Å². The predicted molar refractivity (Wildman–Crippen MR) is 339 cm³/mol. The summed E-state index contributed by atoms with van der Waals surface area (Å²) in [5.74, 6) is -0.927. The van der Waals surface area contributed by atoms with E-state index >= 15 is 0 Å². The van der Waals surface area contributed by atoms with Crippen LogP contribution in [0.4, 0.5) is 0 Å². The van der Waals surface area contributed by atoms with Gasteiger partial charge < -0.3 is 14.2 Å². The third kappa shape index (κ3) is 62.4. The molecule has 0 aliphatic carbocycles. The highest BCUT2D eigenvalue weighted by Crippen LogP contribution is 2.15. The Morgan fingerprint density at radius 2 is 0.526 bits per heavy atom. The van der Waals surface area contributed by atoms with Crippen LogP contribution in [0.25, 0.3) is 0 Å². The summed E-state index contributed by atoms with van der Waals surface area (Å²) in [6, 6.07) is 0. The predicted octanol–water partition coefficient (Wildman–Crippen LogP) is 22.2. The minimum atomic E-state index is -0.798. The molecule has 0 aromatic heterocycles. The van der Waals surface area contributed by atoms with Gasteiger partial charge >= 0.3 is 17.9 Å². The summed E-state index contributed by atoms with van der Waals surface area (Å²) < 4.78 is 16.9. The Kier molecular flexibility index (Phi) is 61.4. The van der Waals surface area contributed by atoms with Gasteiger partial charge in [0.1, 0.15) is 13.2 Å². The van der Waals surface area contributed by atoms with Gasteiger partial charge in [0.25, 0.3) is 0 Å². The summed E-state index contributed by atoms with van der Waals surface area (Å²) in [7, 11) is 0. The molecule has 0 aromatic carbocycles. The van der Waals surface area contributed by atoms with Crippen molar-refractivity contribution in [1.29, 1.82) is 0 Å². The maximum absolute atomic E-state index is 12.9. The third-order valence-corrected chi connectivity index (χ3v) is 13.3. The lowest BCUT2D eigenvalue weighted by atomic mass is 10.1. The summed E-state index contributed by atoms with van der Waals surface area (Å²) in [6.45, 7) is 6.42. The van der Waals surface area contributed by atoms with E-state index in [4.69, 9.17) is 14.2 Å². The largest absolute Gasteiger partial charge is 0.462 e. The van der Waals surface area contributed by atoms with Gasteiger partial charge in [-0.1, -0.05) is 264 Å². The molecule has 6 nitrogen and oxygen atoms in total. The lowest BCUT2D eigenvalue weighted by molar-refractivity contribution is -0.167. The fraction of sp³-hybridized carbons (Fsp3) is 0.653. The van der Waals surface area contributed by atoms with Gasteiger partial charge in [-0.25, -0.2) is 0 Å². The minimum Gasteiger partial charge on any atom is -0.462 e. The average Bonchev–Trinajstić information content (AvgIpc) is 3.44. The topological polar surface area (TPSA) is 78.9 Å². The van der Waals surface area contributed by atoms with Crippen molar-refractivity contribution in [3.05, 3.63) is 134 Å². The molecule has 1 atom stereocenters. The standard InChI is InChI=1S/C72H118O6/c1-4-7-10-13-16-19-22-25-27-29-30-31-32-33-34-35-36-37-38-39-40-41-42-43-45-47-50-53-56-59-62-65-71(74)77-68-69(67-76-70(73)64-61-58-55-52-49-46-24-21-18-15-12-9-6-3)78-72(75)66-63-60-57-54-51-48-44-28-26-23-20-17-14-11-8-5-2/h7,10,12,15-16,19-21,23-25,27-28,30-31,33-34,36-37,39-40,44,69H,4-6,8-9,11,13-14,17-18,22,26,29,32,35,38,41-43,45-68H2,1-3H3/b10-7-,15-12-,19-16-,23-20-,24-21-,27-25-,31-30-,34-33-,37-36-,40-39-,44-28-. The van der Waals surface area contributed by atoms with Crippen LogP contribution in [0.3, 0.4) is 0 Å². The molecule has 0 aliphatic rings. The number of rotatable bonds is 57. The van der Waals surface area contributed by atoms with Crippen molar-refractivity contribution in [2.45, 2.75) is 290 Å². The monoisotopic (exact) mass is 1080 g/mol. The maximum atomic E-state index is 12.9. The molecule has 0 spiro atoms. The first-order valence-corrected chi connectivity index (χ1v) is 32.2. The van der Waals surface area contributed by atoms with Crippen molar-refractivity contribution in [2.75, 3.05) is 13.2 Å². The fourth-order valence-corrected chi connectivity index (χ4v) is 8.55. The number of carbonyl (C=O) groups excluding carboxylic acids is 3. The van der Waals surface area contributed by atoms with Gasteiger partial charge in [0.15, 0.2) is 6.10 Å². The molecule has 0 rings (SSSR count). The first-order chi connectivity index (χ1) is 38.5. The molecule has 0 saturated heterocycles. The molecule has 0 radical (unpaired) electrons. The highest BCUT2D eigenvalue weighted by Gasteiger charge is 2.19. The van der Waals surface area contributed by atoms with Crippen molar-refractivity contribution in [2.24, 2.45) is 0 Å². The highest BCUT2D eigenvalue weighted by atomic mass is 16.6. The number of unbranched alkanes of at least 4 members (excludes halogenated alkanes) is 24. The van der Waals surface area contributed by atoms with Gasteiger partial charge in [0.2, 0.25) is 0 Å². The SMILES string of the molecule is CC/C=C\C/C=C\C/C=C\C/C=C\C/C=C\C/C=C\C/C=C\CCCCCCCCCCCC(=O)OCC(COC(=O)CCCCCCC/C=C\C/C=C\CCC)OC(=O)CCCCCCC/C=C\C/C=C\CCCCCC. The number of carbonyl (C=O) groups is 3. The van der Waals surface area contributed by atoms with Gasteiger partial charge in [-0.05, 0) is 135 Å². The molecule has 0 fully saturated rings. The van der Waals surface area contributed by atoms with Gasteiger partial charge in [-0.15, -0.1) is 0 Å². The normalized spacial score (nSPS) is 13.0. The zero-order valence-electron chi connectivity index (χ0n) is 50.6.